The standard InChI is InChI=1S/C12H11N3/c1-9-14-8-12(15(9)2)11-5-3-10(7-13)4-6-11/h3-6,8,14H,1H2,2H3. The second-order valence-corrected chi connectivity index (χ2v) is 3.37. The van der Waals surface area contributed by atoms with Gasteiger partial charge in [0.25, 0.3) is 0 Å². The van der Waals surface area contributed by atoms with Crippen LogP contribution in [0.15, 0.2) is 42.9 Å². The molecule has 0 saturated carbocycles. The summed E-state index contributed by atoms with van der Waals surface area (Å²) >= 11 is 0. The summed E-state index contributed by atoms with van der Waals surface area (Å²) in [7, 11) is 1.95. The highest BCUT2D eigenvalue weighted by Crippen LogP contribution is 2.23. The van der Waals surface area contributed by atoms with Gasteiger partial charge in [-0.05, 0) is 17.7 Å². The zero-order valence-corrected chi connectivity index (χ0v) is 8.49. The van der Waals surface area contributed by atoms with Crippen molar-refractivity contribution in [1.82, 2.24) is 10.2 Å². The SMILES string of the molecule is C=C1NC=C(c2ccc(C#N)cc2)N1C. The van der Waals surface area contributed by atoms with Gasteiger partial charge >= 0.3 is 0 Å². The van der Waals surface area contributed by atoms with Crippen molar-refractivity contribution in [3.63, 3.8) is 0 Å². The molecule has 0 bridgehead atoms. The molecule has 1 aliphatic rings. The molecule has 0 aliphatic carbocycles. The molecule has 2 rings (SSSR count). The molecule has 3 heteroatoms. The molecule has 0 spiro atoms. The first kappa shape index (κ1) is 9.35. The number of nitriles is 1. The van der Waals surface area contributed by atoms with Crippen molar-refractivity contribution in [3.05, 3.63) is 54.0 Å². The Labute approximate surface area is 88.9 Å². The van der Waals surface area contributed by atoms with Crippen molar-refractivity contribution in [2.75, 3.05) is 7.05 Å². The number of hydrogen-bond donors (Lipinski definition) is 1. The molecular weight excluding hydrogens is 186 g/mol. The fourth-order valence-electron chi connectivity index (χ4n) is 1.48. The van der Waals surface area contributed by atoms with Gasteiger partial charge in [0.1, 0.15) is 5.82 Å². The number of rotatable bonds is 1. The van der Waals surface area contributed by atoms with Crippen LogP contribution in [0.5, 0.6) is 0 Å². The van der Waals surface area contributed by atoms with Gasteiger partial charge in [0.15, 0.2) is 0 Å². The number of hydrogen-bond acceptors (Lipinski definition) is 3. The second-order valence-electron chi connectivity index (χ2n) is 3.37. The summed E-state index contributed by atoms with van der Waals surface area (Å²) in [5.41, 5.74) is 2.80. The van der Waals surface area contributed by atoms with Gasteiger partial charge in [0.2, 0.25) is 0 Å². The van der Waals surface area contributed by atoms with Crippen LogP contribution in [-0.4, -0.2) is 11.9 Å². The summed E-state index contributed by atoms with van der Waals surface area (Å²) in [5, 5.41) is 11.7. The van der Waals surface area contributed by atoms with Crippen molar-refractivity contribution in [2.45, 2.75) is 0 Å². The molecule has 0 aromatic heterocycles. The van der Waals surface area contributed by atoms with Gasteiger partial charge in [0, 0.05) is 13.2 Å². The summed E-state index contributed by atoms with van der Waals surface area (Å²) in [4.78, 5) is 1.97. The molecule has 1 aromatic rings. The molecule has 0 atom stereocenters. The first-order chi connectivity index (χ1) is 7.22. The molecule has 0 saturated heterocycles. The molecule has 0 fully saturated rings. The molecule has 15 heavy (non-hydrogen) atoms. The zero-order chi connectivity index (χ0) is 10.8. The summed E-state index contributed by atoms with van der Waals surface area (Å²) in [5.74, 6) is 0.856. The van der Waals surface area contributed by atoms with E-state index < -0.39 is 0 Å². The van der Waals surface area contributed by atoms with E-state index in [0.717, 1.165) is 17.1 Å². The molecule has 3 nitrogen and oxygen atoms in total. The van der Waals surface area contributed by atoms with Crippen LogP contribution >= 0.6 is 0 Å². The Bertz CT molecular complexity index is 463. The Kier molecular flexibility index (Phi) is 2.18. The Morgan fingerprint density at radius 3 is 2.47 bits per heavy atom. The van der Waals surface area contributed by atoms with E-state index in [4.69, 9.17) is 5.26 Å². The summed E-state index contributed by atoms with van der Waals surface area (Å²) in [6.07, 6.45) is 1.91. The van der Waals surface area contributed by atoms with E-state index in [0.29, 0.717) is 5.56 Å². The predicted molar refractivity (Wildman–Crippen MR) is 59.2 cm³/mol. The van der Waals surface area contributed by atoms with E-state index in [-0.39, 0.29) is 0 Å². The highest BCUT2D eigenvalue weighted by molar-refractivity contribution is 5.68. The van der Waals surface area contributed by atoms with E-state index in [1.54, 1.807) is 0 Å². The zero-order valence-electron chi connectivity index (χ0n) is 8.49. The van der Waals surface area contributed by atoms with Crippen LogP contribution in [0.3, 0.4) is 0 Å². The topological polar surface area (TPSA) is 39.1 Å². The quantitative estimate of drug-likeness (QED) is 0.747. The van der Waals surface area contributed by atoms with Crippen molar-refractivity contribution in [2.24, 2.45) is 0 Å². The third-order valence-corrected chi connectivity index (χ3v) is 2.45. The molecule has 0 radical (unpaired) electrons. The minimum atomic E-state index is 0.673. The van der Waals surface area contributed by atoms with E-state index in [9.17, 15) is 0 Å². The first-order valence-corrected chi connectivity index (χ1v) is 4.62. The van der Waals surface area contributed by atoms with Gasteiger partial charge in [0.05, 0.1) is 17.3 Å². The van der Waals surface area contributed by atoms with E-state index in [1.807, 2.05) is 42.4 Å². The van der Waals surface area contributed by atoms with Crippen LogP contribution in [0.4, 0.5) is 0 Å². The molecule has 1 heterocycles. The fraction of sp³-hybridized carbons (Fsp3) is 0.0833. The summed E-state index contributed by atoms with van der Waals surface area (Å²) < 4.78 is 0. The lowest BCUT2D eigenvalue weighted by molar-refractivity contribution is 0.596. The highest BCUT2D eigenvalue weighted by Gasteiger charge is 2.15. The number of nitrogens with zero attached hydrogens (tertiary/aromatic N) is 2. The van der Waals surface area contributed by atoms with Crippen LogP contribution in [0.2, 0.25) is 0 Å². The van der Waals surface area contributed by atoms with Gasteiger partial charge in [-0.1, -0.05) is 18.7 Å². The Morgan fingerprint density at radius 2 is 2.00 bits per heavy atom. The van der Waals surface area contributed by atoms with Crippen molar-refractivity contribution >= 4 is 5.70 Å². The van der Waals surface area contributed by atoms with E-state index in [2.05, 4.69) is 18.0 Å². The largest absolute Gasteiger partial charge is 0.346 e. The van der Waals surface area contributed by atoms with Crippen molar-refractivity contribution < 1.29 is 0 Å². The molecule has 0 amide bonds. The summed E-state index contributed by atoms with van der Waals surface area (Å²) in [6.45, 7) is 3.86. The minimum Gasteiger partial charge on any atom is -0.346 e. The van der Waals surface area contributed by atoms with Crippen LogP contribution in [0.1, 0.15) is 11.1 Å². The lowest BCUT2D eigenvalue weighted by atomic mass is 10.1. The number of benzene rings is 1. The normalized spacial score (nSPS) is 14.5. The molecular formula is C12H11N3. The average molecular weight is 197 g/mol. The smallest absolute Gasteiger partial charge is 0.102 e. The monoisotopic (exact) mass is 197 g/mol. The Hall–Kier alpha value is -2.21. The van der Waals surface area contributed by atoms with Gasteiger partial charge < -0.3 is 10.2 Å². The third kappa shape index (κ3) is 1.57. The van der Waals surface area contributed by atoms with E-state index in [1.165, 1.54) is 0 Å². The van der Waals surface area contributed by atoms with Gasteiger partial charge in [-0.15, -0.1) is 0 Å². The van der Waals surface area contributed by atoms with Crippen LogP contribution in [0, 0.1) is 11.3 Å². The van der Waals surface area contributed by atoms with Crippen LogP contribution in [-0.2, 0) is 0 Å². The number of nitrogens with one attached hydrogen (secondary N) is 1. The fourth-order valence-corrected chi connectivity index (χ4v) is 1.48. The van der Waals surface area contributed by atoms with Crippen molar-refractivity contribution in [1.29, 1.82) is 5.26 Å². The molecule has 1 N–H and O–H groups in total. The predicted octanol–water partition coefficient (Wildman–Crippen LogP) is 1.86. The van der Waals surface area contributed by atoms with Gasteiger partial charge in [-0.2, -0.15) is 5.26 Å². The Morgan fingerprint density at radius 1 is 1.33 bits per heavy atom. The van der Waals surface area contributed by atoms with E-state index >= 15 is 0 Å². The molecule has 1 aliphatic heterocycles. The highest BCUT2D eigenvalue weighted by atomic mass is 15.3. The maximum absolute atomic E-state index is 8.69. The van der Waals surface area contributed by atoms with Crippen LogP contribution in [0.25, 0.3) is 5.70 Å². The average Bonchev–Trinajstić information content (AvgIpc) is 2.60. The summed E-state index contributed by atoms with van der Waals surface area (Å²) in [6, 6.07) is 9.58. The molecule has 0 unspecified atom stereocenters. The second kappa shape index (κ2) is 3.50. The first-order valence-electron chi connectivity index (χ1n) is 4.62. The third-order valence-electron chi connectivity index (χ3n) is 2.45. The maximum atomic E-state index is 8.69. The minimum absolute atomic E-state index is 0.673. The van der Waals surface area contributed by atoms with Gasteiger partial charge in [-0.25, -0.2) is 0 Å². The Balaban J connectivity index is 2.32. The lowest BCUT2D eigenvalue weighted by Crippen LogP contribution is -2.14. The van der Waals surface area contributed by atoms with Gasteiger partial charge in [-0.3, -0.25) is 0 Å². The molecule has 74 valence electrons. The maximum Gasteiger partial charge on any atom is 0.102 e. The lowest BCUT2D eigenvalue weighted by Gasteiger charge is -2.16. The van der Waals surface area contributed by atoms with Crippen molar-refractivity contribution in [3.8, 4) is 6.07 Å². The molecule has 1 aromatic carbocycles. The van der Waals surface area contributed by atoms with Crippen LogP contribution < -0.4 is 5.32 Å².